The lowest BCUT2D eigenvalue weighted by Gasteiger charge is -2.32. The SMILES string of the molecule is CCOC(=O)C1CCN(C(=O)CCN(CC(C(=O)NO)c2ccc(F)cc2)S(=O)(=O)c2ccc(OC)cc2)CC1. The number of hydrogen-bond acceptors (Lipinski definition) is 8. The van der Waals surface area contributed by atoms with E-state index in [9.17, 15) is 32.4 Å². The quantitative estimate of drug-likeness (QED) is 0.222. The fourth-order valence-electron chi connectivity index (χ4n) is 4.53. The molecule has 0 spiro atoms. The number of rotatable bonds is 12. The maximum atomic E-state index is 13.7. The van der Waals surface area contributed by atoms with Gasteiger partial charge in [-0.3, -0.25) is 19.6 Å². The molecule has 40 heavy (non-hydrogen) atoms. The molecule has 0 bridgehead atoms. The summed E-state index contributed by atoms with van der Waals surface area (Å²) in [5.74, 6) is -3.09. The Balaban J connectivity index is 1.82. The number of methoxy groups -OCH3 is 1. The molecule has 1 aliphatic rings. The van der Waals surface area contributed by atoms with Crippen molar-refractivity contribution in [2.24, 2.45) is 5.92 Å². The number of nitrogens with one attached hydrogen (secondary N) is 1. The van der Waals surface area contributed by atoms with Crippen LogP contribution in [0.1, 0.15) is 37.7 Å². The van der Waals surface area contributed by atoms with E-state index in [2.05, 4.69) is 0 Å². The van der Waals surface area contributed by atoms with Gasteiger partial charge in [-0.1, -0.05) is 12.1 Å². The first-order chi connectivity index (χ1) is 19.1. The van der Waals surface area contributed by atoms with Crippen molar-refractivity contribution in [1.29, 1.82) is 0 Å². The third-order valence-electron chi connectivity index (χ3n) is 6.83. The molecular weight excluding hydrogens is 545 g/mol. The lowest BCUT2D eigenvalue weighted by atomic mass is 9.97. The van der Waals surface area contributed by atoms with E-state index in [4.69, 9.17) is 9.47 Å². The molecule has 0 aromatic heterocycles. The Hall–Kier alpha value is -3.55. The molecule has 2 N–H and O–H groups in total. The number of ether oxygens (including phenoxy) is 2. The first kappa shape index (κ1) is 31.0. The van der Waals surface area contributed by atoms with Crippen LogP contribution in [0.5, 0.6) is 5.75 Å². The predicted molar refractivity (Wildman–Crippen MR) is 141 cm³/mol. The number of likely N-dealkylation sites (tertiary alicyclic amines) is 1. The Bertz CT molecular complexity index is 1260. The molecule has 0 radical (unpaired) electrons. The number of hydroxylamine groups is 1. The number of nitrogens with zero attached hydrogens (tertiary/aromatic N) is 2. The molecule has 2 aromatic carbocycles. The zero-order valence-electron chi connectivity index (χ0n) is 22.4. The summed E-state index contributed by atoms with van der Waals surface area (Å²) in [5.41, 5.74) is 1.82. The molecule has 1 fully saturated rings. The van der Waals surface area contributed by atoms with Crippen LogP contribution in [-0.4, -0.2) is 80.5 Å². The van der Waals surface area contributed by atoms with Gasteiger partial charge in [0.25, 0.3) is 5.91 Å². The van der Waals surface area contributed by atoms with E-state index < -0.39 is 34.2 Å². The summed E-state index contributed by atoms with van der Waals surface area (Å²) in [6.07, 6.45) is 0.708. The number of hydrogen-bond donors (Lipinski definition) is 2. The maximum Gasteiger partial charge on any atom is 0.309 e. The summed E-state index contributed by atoms with van der Waals surface area (Å²) in [5, 5.41) is 9.34. The molecule has 1 aliphatic heterocycles. The van der Waals surface area contributed by atoms with Gasteiger partial charge in [0.05, 0.1) is 30.4 Å². The van der Waals surface area contributed by atoms with E-state index in [1.165, 1.54) is 43.5 Å². The number of sulfonamides is 1. The number of carbonyl (C=O) groups is 3. The van der Waals surface area contributed by atoms with Crippen LogP contribution in [0, 0.1) is 11.7 Å². The van der Waals surface area contributed by atoms with Gasteiger partial charge in [-0.05, 0) is 61.7 Å². The van der Waals surface area contributed by atoms with Gasteiger partial charge in [-0.2, -0.15) is 4.31 Å². The Kier molecular flexibility index (Phi) is 11.0. The predicted octanol–water partition coefficient (Wildman–Crippen LogP) is 2.31. The minimum Gasteiger partial charge on any atom is -0.497 e. The van der Waals surface area contributed by atoms with Crippen LogP contribution in [0.3, 0.4) is 0 Å². The Morgan fingerprint density at radius 3 is 2.27 bits per heavy atom. The van der Waals surface area contributed by atoms with Crippen molar-refractivity contribution in [3.63, 3.8) is 0 Å². The zero-order chi connectivity index (χ0) is 29.3. The summed E-state index contributed by atoms with van der Waals surface area (Å²) in [6, 6.07) is 10.5. The fourth-order valence-corrected chi connectivity index (χ4v) is 5.98. The van der Waals surface area contributed by atoms with Crippen LogP contribution in [0.4, 0.5) is 4.39 Å². The molecule has 13 heteroatoms. The molecule has 2 amide bonds. The Morgan fingerprint density at radius 2 is 1.73 bits per heavy atom. The third-order valence-corrected chi connectivity index (χ3v) is 8.70. The highest BCUT2D eigenvalue weighted by Crippen LogP contribution is 2.26. The molecule has 2 aromatic rings. The number of benzene rings is 2. The number of amides is 2. The van der Waals surface area contributed by atoms with Crippen LogP contribution < -0.4 is 10.2 Å². The van der Waals surface area contributed by atoms with Crippen molar-refractivity contribution < 1.29 is 41.9 Å². The highest BCUT2D eigenvalue weighted by molar-refractivity contribution is 7.89. The summed E-state index contributed by atoms with van der Waals surface area (Å²) in [6.45, 7) is 1.99. The molecule has 1 unspecified atom stereocenters. The number of carbonyl (C=O) groups excluding carboxylic acids is 3. The second kappa shape index (κ2) is 14.2. The average Bonchev–Trinajstić information content (AvgIpc) is 2.97. The molecule has 0 saturated carbocycles. The Labute approximate surface area is 232 Å². The molecular formula is C27H34FN3O8S. The van der Waals surface area contributed by atoms with Gasteiger partial charge in [0.2, 0.25) is 15.9 Å². The van der Waals surface area contributed by atoms with Crippen LogP contribution in [-0.2, 0) is 29.1 Å². The first-order valence-electron chi connectivity index (χ1n) is 12.9. The van der Waals surface area contributed by atoms with Gasteiger partial charge < -0.3 is 14.4 Å². The zero-order valence-corrected chi connectivity index (χ0v) is 23.2. The standard InChI is InChI=1S/C27H34FN3O8S/c1-3-39-27(34)20-12-15-30(16-13-20)25(32)14-17-31(40(36,37)23-10-8-22(38-2)9-11-23)18-24(26(33)29-35)19-4-6-21(28)7-5-19/h4-11,20,24,35H,3,12-18H2,1-2H3,(H,29,33). The minimum atomic E-state index is -4.22. The van der Waals surface area contributed by atoms with E-state index in [1.807, 2.05) is 0 Å². The first-order valence-corrected chi connectivity index (χ1v) is 14.3. The van der Waals surface area contributed by atoms with Gasteiger partial charge in [0.1, 0.15) is 11.6 Å². The Morgan fingerprint density at radius 1 is 1.10 bits per heavy atom. The smallest absolute Gasteiger partial charge is 0.309 e. The van der Waals surface area contributed by atoms with Crippen LogP contribution in [0.2, 0.25) is 0 Å². The van der Waals surface area contributed by atoms with Gasteiger partial charge in [-0.15, -0.1) is 0 Å². The van der Waals surface area contributed by atoms with Crippen LogP contribution in [0.25, 0.3) is 0 Å². The van der Waals surface area contributed by atoms with E-state index >= 15 is 0 Å². The minimum absolute atomic E-state index is 0.0849. The van der Waals surface area contributed by atoms with Gasteiger partial charge >= 0.3 is 5.97 Å². The largest absolute Gasteiger partial charge is 0.497 e. The highest BCUT2D eigenvalue weighted by atomic mass is 32.2. The normalized spacial score (nSPS) is 15.0. The summed E-state index contributed by atoms with van der Waals surface area (Å²) in [7, 11) is -2.78. The van der Waals surface area contributed by atoms with Crippen LogP contribution >= 0.6 is 0 Å². The van der Waals surface area contributed by atoms with Crippen molar-refractivity contribution >= 4 is 27.8 Å². The van der Waals surface area contributed by atoms with E-state index in [0.29, 0.717) is 31.7 Å². The topological polar surface area (TPSA) is 143 Å². The van der Waals surface area contributed by atoms with Crippen molar-refractivity contribution in [1.82, 2.24) is 14.7 Å². The lowest BCUT2D eigenvalue weighted by molar-refractivity contribution is -0.151. The summed E-state index contributed by atoms with van der Waals surface area (Å²) in [4.78, 5) is 39.1. The van der Waals surface area contributed by atoms with Crippen molar-refractivity contribution in [2.45, 2.75) is 37.0 Å². The summed E-state index contributed by atoms with van der Waals surface area (Å²) >= 11 is 0. The lowest BCUT2D eigenvalue weighted by Crippen LogP contribution is -2.44. The van der Waals surface area contributed by atoms with Crippen LogP contribution in [0.15, 0.2) is 53.4 Å². The number of esters is 1. The molecule has 11 nitrogen and oxygen atoms in total. The van der Waals surface area contributed by atoms with E-state index in [-0.39, 0.29) is 47.8 Å². The van der Waals surface area contributed by atoms with Crippen molar-refractivity contribution in [3.8, 4) is 5.75 Å². The fraction of sp³-hybridized carbons (Fsp3) is 0.444. The molecule has 1 saturated heterocycles. The second-order valence-corrected chi connectivity index (χ2v) is 11.2. The van der Waals surface area contributed by atoms with Gasteiger partial charge in [0, 0.05) is 32.6 Å². The third kappa shape index (κ3) is 7.77. The van der Waals surface area contributed by atoms with Crippen molar-refractivity contribution in [2.75, 3.05) is 39.9 Å². The average molecular weight is 580 g/mol. The molecule has 218 valence electrons. The number of halogens is 1. The molecule has 1 heterocycles. The molecule has 1 atom stereocenters. The van der Waals surface area contributed by atoms with Gasteiger partial charge in [0.15, 0.2) is 0 Å². The molecule has 0 aliphatic carbocycles. The van der Waals surface area contributed by atoms with E-state index in [1.54, 1.807) is 17.3 Å². The van der Waals surface area contributed by atoms with E-state index in [0.717, 1.165) is 16.4 Å². The van der Waals surface area contributed by atoms with Gasteiger partial charge in [-0.25, -0.2) is 18.3 Å². The second-order valence-electron chi connectivity index (χ2n) is 9.28. The summed E-state index contributed by atoms with van der Waals surface area (Å²) < 4.78 is 52.1. The van der Waals surface area contributed by atoms with Crippen molar-refractivity contribution in [3.05, 3.63) is 59.9 Å². The number of piperidine rings is 1. The highest BCUT2D eigenvalue weighted by Gasteiger charge is 2.33. The molecule has 3 rings (SSSR count). The monoisotopic (exact) mass is 579 g/mol. The maximum absolute atomic E-state index is 13.7.